The number of aromatic nitrogens is 3. The predicted octanol–water partition coefficient (Wildman–Crippen LogP) is 3.07. The van der Waals surface area contributed by atoms with Crippen LogP contribution in [-0.4, -0.2) is 32.8 Å². The molecule has 2 unspecified atom stereocenters. The molecule has 29 heavy (non-hydrogen) atoms. The molecule has 1 aliphatic heterocycles. The number of thiophene rings is 1. The highest BCUT2D eigenvalue weighted by atomic mass is 32.1. The number of nitrogens with two attached hydrogens (primary N) is 1. The van der Waals surface area contributed by atoms with Gasteiger partial charge in [0, 0.05) is 31.2 Å². The molecule has 4 heterocycles. The monoisotopic (exact) mass is 414 g/mol. The molecule has 2 atom stereocenters. The lowest BCUT2D eigenvalue weighted by Gasteiger charge is -2.30. The second-order valence-corrected chi connectivity index (χ2v) is 8.94. The third kappa shape index (κ3) is 2.91. The minimum absolute atomic E-state index is 0.0180. The zero-order valence-corrected chi connectivity index (χ0v) is 17.2. The van der Waals surface area contributed by atoms with Crippen LogP contribution in [0.2, 0.25) is 0 Å². The number of halogens is 1. The zero-order valence-electron chi connectivity index (χ0n) is 16.4. The van der Waals surface area contributed by atoms with Gasteiger partial charge in [-0.3, -0.25) is 9.48 Å². The maximum atomic E-state index is 15.2. The molecule has 2 aliphatic rings. The average molecular weight is 415 g/mol. The van der Waals surface area contributed by atoms with E-state index in [1.165, 1.54) is 11.3 Å². The first kappa shape index (κ1) is 18.5. The zero-order chi connectivity index (χ0) is 20.3. The van der Waals surface area contributed by atoms with Gasteiger partial charge in [-0.05, 0) is 25.8 Å². The number of carbonyl (C=O) groups excluding carboxylic acids is 1. The van der Waals surface area contributed by atoms with Crippen LogP contribution in [-0.2, 0) is 13.6 Å². The molecule has 3 aromatic heterocycles. The number of pyridine rings is 1. The minimum Gasteiger partial charge on any atom is -0.363 e. The Morgan fingerprint density at radius 2 is 2.17 bits per heavy atom. The maximum Gasteiger partial charge on any atom is 0.254 e. The van der Waals surface area contributed by atoms with Crippen molar-refractivity contribution in [2.45, 2.75) is 51.2 Å². The second-order valence-electron chi connectivity index (χ2n) is 7.89. The molecule has 3 aromatic rings. The van der Waals surface area contributed by atoms with Gasteiger partial charge in [0.2, 0.25) is 0 Å². The minimum atomic E-state index is -0.459. The van der Waals surface area contributed by atoms with Gasteiger partial charge < -0.3 is 16.4 Å². The van der Waals surface area contributed by atoms with E-state index in [-0.39, 0.29) is 30.4 Å². The highest BCUT2D eigenvalue weighted by molar-refractivity contribution is 7.22. The number of nitrogens with zero attached hydrogens (tertiary/aromatic N) is 3. The van der Waals surface area contributed by atoms with Crippen molar-refractivity contribution in [3.8, 4) is 10.6 Å². The van der Waals surface area contributed by atoms with Crippen molar-refractivity contribution in [2.75, 3.05) is 5.32 Å². The molecule has 1 fully saturated rings. The summed E-state index contributed by atoms with van der Waals surface area (Å²) in [4.78, 5) is 17.9. The fourth-order valence-corrected chi connectivity index (χ4v) is 5.51. The molecule has 1 aliphatic carbocycles. The third-order valence-corrected chi connectivity index (χ3v) is 7.19. The number of amides is 1. The van der Waals surface area contributed by atoms with E-state index in [0.717, 1.165) is 46.5 Å². The summed E-state index contributed by atoms with van der Waals surface area (Å²) < 4.78 is 18.1. The van der Waals surface area contributed by atoms with Gasteiger partial charge >= 0.3 is 0 Å². The van der Waals surface area contributed by atoms with Gasteiger partial charge in [-0.25, -0.2) is 9.37 Å². The average Bonchev–Trinajstić information content (AvgIpc) is 3.36. The van der Waals surface area contributed by atoms with Crippen LogP contribution in [0.25, 0.3) is 20.8 Å². The second kappa shape index (κ2) is 6.77. The summed E-state index contributed by atoms with van der Waals surface area (Å²) in [5.74, 6) is -0.557. The molecule has 1 amide bonds. The first-order chi connectivity index (χ1) is 13.9. The molecule has 0 saturated heterocycles. The Balaban J connectivity index is 1.64. The first-order valence-electron chi connectivity index (χ1n) is 9.90. The van der Waals surface area contributed by atoms with Crippen molar-refractivity contribution < 1.29 is 9.18 Å². The number of hydrogen-bond acceptors (Lipinski definition) is 6. The van der Waals surface area contributed by atoms with Gasteiger partial charge in [-0.1, -0.05) is 12.8 Å². The van der Waals surface area contributed by atoms with E-state index in [1.54, 1.807) is 0 Å². The van der Waals surface area contributed by atoms with Crippen molar-refractivity contribution in [3.05, 3.63) is 28.7 Å². The van der Waals surface area contributed by atoms with Crippen LogP contribution in [0.1, 0.15) is 47.3 Å². The number of rotatable bonds is 3. The number of hydrogen-bond donors (Lipinski definition) is 3. The Kier molecular flexibility index (Phi) is 4.32. The van der Waals surface area contributed by atoms with E-state index < -0.39 is 5.82 Å². The van der Waals surface area contributed by atoms with Gasteiger partial charge in [0.15, 0.2) is 11.6 Å². The lowest BCUT2D eigenvalue weighted by molar-refractivity contribution is 0.0966. The summed E-state index contributed by atoms with van der Waals surface area (Å²) in [6.07, 6.45) is 3.96. The first-order valence-corrected chi connectivity index (χ1v) is 10.7. The molecule has 7 nitrogen and oxygen atoms in total. The largest absolute Gasteiger partial charge is 0.363 e. The lowest BCUT2D eigenvalue weighted by Crippen LogP contribution is -2.43. The molecule has 152 valence electrons. The van der Waals surface area contributed by atoms with Gasteiger partial charge in [-0.2, -0.15) is 5.10 Å². The molecule has 4 N–H and O–H groups in total. The Hall–Kier alpha value is -2.52. The van der Waals surface area contributed by atoms with Crippen molar-refractivity contribution in [3.63, 3.8) is 0 Å². The third-order valence-electron chi connectivity index (χ3n) is 5.95. The molecule has 0 bridgehead atoms. The van der Waals surface area contributed by atoms with Gasteiger partial charge in [-0.15, -0.1) is 11.3 Å². The molecule has 0 radical (unpaired) electrons. The number of aryl methyl sites for hydroxylation is 2. The molecule has 1 saturated carbocycles. The summed E-state index contributed by atoms with van der Waals surface area (Å²) in [7, 11) is 1.89. The molecule has 0 aromatic carbocycles. The van der Waals surface area contributed by atoms with Crippen LogP contribution >= 0.6 is 11.3 Å². The van der Waals surface area contributed by atoms with Crippen LogP contribution in [0.4, 0.5) is 10.2 Å². The SMILES string of the molecule is Cc1nn(C)c2cc(-c3nc(NC4CCCCC4N)c(F)c4c3C(=O)NC4)sc12. The summed E-state index contributed by atoms with van der Waals surface area (Å²) >= 11 is 1.53. The van der Waals surface area contributed by atoms with E-state index in [2.05, 4.69) is 20.7 Å². The van der Waals surface area contributed by atoms with Crippen LogP contribution in [0, 0.1) is 12.7 Å². The summed E-state index contributed by atoms with van der Waals surface area (Å²) in [5, 5.41) is 10.4. The fourth-order valence-electron chi connectivity index (χ4n) is 4.39. The smallest absolute Gasteiger partial charge is 0.254 e. The predicted molar refractivity (Wildman–Crippen MR) is 112 cm³/mol. The summed E-state index contributed by atoms with van der Waals surface area (Å²) in [5.41, 5.74) is 9.37. The van der Waals surface area contributed by atoms with E-state index in [1.807, 2.05) is 24.7 Å². The van der Waals surface area contributed by atoms with E-state index in [9.17, 15) is 4.79 Å². The molecule has 5 rings (SSSR count). The highest BCUT2D eigenvalue weighted by Gasteiger charge is 2.32. The van der Waals surface area contributed by atoms with Crippen LogP contribution in [0.5, 0.6) is 0 Å². The molecule has 0 spiro atoms. The normalized spacial score (nSPS) is 21.4. The van der Waals surface area contributed by atoms with Crippen molar-refractivity contribution in [1.29, 1.82) is 0 Å². The number of anilines is 1. The number of nitrogens with one attached hydrogen (secondary N) is 2. The standard InChI is InChI=1S/C20H23FN6OS/c1-9-18-13(27(2)26-9)7-14(29-18)17-15-10(8-23-20(15)28)16(21)19(25-17)24-12-6-4-3-5-11(12)22/h7,11-12H,3-6,8,22H2,1-2H3,(H,23,28)(H,24,25). The molecular weight excluding hydrogens is 391 g/mol. The maximum absolute atomic E-state index is 15.2. The van der Waals surface area contributed by atoms with Gasteiger partial charge in [0.25, 0.3) is 5.91 Å². The Morgan fingerprint density at radius 3 is 2.93 bits per heavy atom. The lowest BCUT2D eigenvalue weighted by atomic mass is 9.91. The van der Waals surface area contributed by atoms with Crippen LogP contribution < -0.4 is 16.4 Å². The van der Waals surface area contributed by atoms with Gasteiger partial charge in [0.05, 0.1) is 32.0 Å². The van der Waals surface area contributed by atoms with Gasteiger partial charge in [0.1, 0.15) is 0 Å². The Morgan fingerprint density at radius 1 is 1.38 bits per heavy atom. The van der Waals surface area contributed by atoms with Crippen molar-refractivity contribution >= 4 is 33.3 Å². The van der Waals surface area contributed by atoms with E-state index >= 15 is 4.39 Å². The molecular formula is C20H23FN6OS. The van der Waals surface area contributed by atoms with Crippen molar-refractivity contribution in [1.82, 2.24) is 20.1 Å². The van der Waals surface area contributed by atoms with Crippen LogP contribution in [0.15, 0.2) is 6.07 Å². The number of carbonyl (C=O) groups is 1. The Labute approximate surface area is 171 Å². The quantitative estimate of drug-likeness (QED) is 0.612. The summed E-state index contributed by atoms with van der Waals surface area (Å²) in [6, 6.07) is 1.93. The fraction of sp³-hybridized carbons (Fsp3) is 0.450. The molecule has 9 heteroatoms. The van der Waals surface area contributed by atoms with E-state index in [4.69, 9.17) is 5.73 Å². The highest BCUT2D eigenvalue weighted by Crippen LogP contribution is 2.39. The Bertz CT molecular complexity index is 1100. The summed E-state index contributed by atoms with van der Waals surface area (Å²) in [6.45, 7) is 2.13. The van der Waals surface area contributed by atoms with Crippen molar-refractivity contribution in [2.24, 2.45) is 12.8 Å². The van der Waals surface area contributed by atoms with Crippen LogP contribution in [0.3, 0.4) is 0 Å². The van der Waals surface area contributed by atoms with E-state index in [0.29, 0.717) is 16.8 Å². The number of fused-ring (bicyclic) bond motifs is 2. The topological polar surface area (TPSA) is 97.9 Å².